The van der Waals surface area contributed by atoms with Gasteiger partial charge in [0, 0.05) is 7.11 Å². The van der Waals surface area contributed by atoms with Gasteiger partial charge in [0.05, 0.1) is 10.6 Å². The van der Waals surface area contributed by atoms with Gasteiger partial charge in [-0.05, 0) is 24.3 Å². The normalized spacial score (nSPS) is 11.4. The van der Waals surface area contributed by atoms with Crippen molar-refractivity contribution in [1.29, 1.82) is 0 Å². The lowest BCUT2D eigenvalue weighted by Crippen LogP contribution is -2.17. The van der Waals surface area contributed by atoms with Crippen molar-refractivity contribution in [2.24, 2.45) is 0 Å². The number of hydrogen-bond acceptors (Lipinski definition) is 4. The Morgan fingerprint density at radius 3 is 1.61 bits per heavy atom. The molecule has 0 saturated heterocycles. The van der Waals surface area contributed by atoms with E-state index < -0.39 is 7.37 Å². The second-order valence-corrected chi connectivity index (χ2v) is 6.14. The summed E-state index contributed by atoms with van der Waals surface area (Å²) in [5, 5.41) is 19.9. The highest BCUT2D eigenvalue weighted by atomic mass is 31.2. The Bertz CT molecular complexity index is 560. The van der Waals surface area contributed by atoms with E-state index in [1.165, 1.54) is 31.4 Å². The van der Waals surface area contributed by atoms with E-state index >= 15 is 0 Å². The van der Waals surface area contributed by atoms with Gasteiger partial charge < -0.3 is 14.7 Å². The molecule has 94 valence electrons. The van der Waals surface area contributed by atoms with E-state index in [9.17, 15) is 14.8 Å². The molecule has 0 aliphatic carbocycles. The molecule has 0 atom stereocenters. The molecule has 0 aliphatic heterocycles. The predicted octanol–water partition coefficient (Wildman–Crippen LogP) is 1.97. The summed E-state index contributed by atoms with van der Waals surface area (Å²) in [4.78, 5) is 0. The summed E-state index contributed by atoms with van der Waals surface area (Å²) < 4.78 is 18.0. The van der Waals surface area contributed by atoms with Crippen LogP contribution in [0.2, 0.25) is 0 Å². The van der Waals surface area contributed by atoms with Crippen LogP contribution in [0.1, 0.15) is 0 Å². The van der Waals surface area contributed by atoms with Gasteiger partial charge in [-0.1, -0.05) is 24.3 Å². The molecule has 0 bridgehead atoms. The van der Waals surface area contributed by atoms with E-state index in [4.69, 9.17) is 4.52 Å². The third-order valence-corrected chi connectivity index (χ3v) is 5.19. The molecule has 0 fully saturated rings. The molecule has 0 aromatic heterocycles. The minimum atomic E-state index is -3.48. The molecule has 0 spiro atoms. The molecule has 2 rings (SSSR count). The first-order valence-corrected chi connectivity index (χ1v) is 6.95. The molecular weight excluding hydrogens is 251 g/mol. The van der Waals surface area contributed by atoms with Crippen molar-refractivity contribution < 1.29 is 19.3 Å². The maximum atomic E-state index is 12.9. The number of aromatic hydroxyl groups is 2. The van der Waals surface area contributed by atoms with Crippen LogP contribution in [-0.2, 0) is 9.09 Å². The summed E-state index contributed by atoms with van der Waals surface area (Å²) in [6.45, 7) is 0. The largest absolute Gasteiger partial charge is 0.507 e. The molecule has 0 radical (unpaired) electrons. The number of benzene rings is 2. The lowest BCUT2D eigenvalue weighted by atomic mass is 10.3. The molecule has 4 nitrogen and oxygen atoms in total. The topological polar surface area (TPSA) is 66.8 Å². The van der Waals surface area contributed by atoms with Crippen LogP contribution < -0.4 is 10.6 Å². The summed E-state index contributed by atoms with van der Waals surface area (Å²) in [6, 6.07) is 12.5. The standard InChI is InChI=1S/C13H13O4P/c1-17-18(16,12-8-4-2-6-10(12)14)13-9-5-3-7-11(13)15/h2-9,14-15H,1H3. The molecule has 0 aliphatic rings. The SMILES string of the molecule is COP(=O)(c1ccccc1O)c1ccccc1O. The summed E-state index contributed by atoms with van der Waals surface area (Å²) in [6.07, 6.45) is 0. The number of phenols is 2. The Labute approximate surface area is 105 Å². The minimum Gasteiger partial charge on any atom is -0.507 e. The number of hydrogen-bond donors (Lipinski definition) is 2. The summed E-state index contributed by atoms with van der Waals surface area (Å²) in [7, 11) is -2.19. The highest BCUT2D eigenvalue weighted by Gasteiger charge is 2.32. The fraction of sp³-hybridized carbons (Fsp3) is 0.0769. The zero-order valence-electron chi connectivity index (χ0n) is 9.78. The molecule has 18 heavy (non-hydrogen) atoms. The van der Waals surface area contributed by atoms with E-state index in [1.807, 2.05) is 0 Å². The summed E-state index contributed by atoms with van der Waals surface area (Å²) in [5.74, 6) is -0.239. The van der Waals surface area contributed by atoms with Crippen molar-refractivity contribution >= 4 is 18.0 Å². The van der Waals surface area contributed by atoms with Gasteiger partial charge in [0.15, 0.2) is 0 Å². The third kappa shape index (κ3) is 2.01. The molecule has 5 heteroatoms. The van der Waals surface area contributed by atoms with E-state index in [-0.39, 0.29) is 22.1 Å². The van der Waals surface area contributed by atoms with Gasteiger partial charge >= 0.3 is 0 Å². The zero-order chi connectivity index (χ0) is 13.2. The van der Waals surface area contributed by atoms with Crippen LogP contribution in [0.15, 0.2) is 48.5 Å². The van der Waals surface area contributed by atoms with Crippen LogP contribution in [-0.4, -0.2) is 17.3 Å². The van der Waals surface area contributed by atoms with Crippen molar-refractivity contribution in [2.45, 2.75) is 0 Å². The Balaban J connectivity index is 2.68. The Morgan fingerprint density at radius 1 is 0.889 bits per heavy atom. The van der Waals surface area contributed by atoms with Crippen molar-refractivity contribution in [1.82, 2.24) is 0 Å². The van der Waals surface area contributed by atoms with Crippen LogP contribution in [0.3, 0.4) is 0 Å². The predicted molar refractivity (Wildman–Crippen MR) is 70.1 cm³/mol. The molecule has 0 heterocycles. The third-order valence-electron chi connectivity index (χ3n) is 2.65. The lowest BCUT2D eigenvalue weighted by Gasteiger charge is -2.18. The first-order valence-electron chi connectivity index (χ1n) is 5.32. The maximum absolute atomic E-state index is 12.9. The van der Waals surface area contributed by atoms with Gasteiger partial charge in [0.25, 0.3) is 7.37 Å². The Morgan fingerprint density at radius 2 is 1.28 bits per heavy atom. The van der Waals surface area contributed by atoms with E-state index in [0.717, 1.165) is 0 Å². The average Bonchev–Trinajstić information content (AvgIpc) is 2.39. The number of para-hydroxylation sites is 2. The van der Waals surface area contributed by atoms with Crippen LogP contribution in [0.5, 0.6) is 11.5 Å². The quantitative estimate of drug-likeness (QED) is 0.832. The minimum absolute atomic E-state index is 0.120. The molecule has 2 aromatic carbocycles. The monoisotopic (exact) mass is 264 g/mol. The molecular formula is C13H13O4P. The van der Waals surface area contributed by atoms with E-state index in [2.05, 4.69) is 0 Å². The van der Waals surface area contributed by atoms with Gasteiger partial charge in [-0.3, -0.25) is 4.57 Å². The van der Waals surface area contributed by atoms with Gasteiger partial charge in [-0.15, -0.1) is 0 Å². The van der Waals surface area contributed by atoms with Crippen molar-refractivity contribution in [3.8, 4) is 11.5 Å². The summed E-state index contributed by atoms with van der Waals surface area (Å²) in [5.41, 5.74) is 0. The number of phenolic OH excluding ortho intramolecular Hbond substituents is 2. The highest BCUT2D eigenvalue weighted by Crippen LogP contribution is 2.48. The Kier molecular flexibility index (Phi) is 3.41. The molecule has 2 N–H and O–H groups in total. The van der Waals surface area contributed by atoms with Crippen molar-refractivity contribution in [3.63, 3.8) is 0 Å². The number of rotatable bonds is 3. The van der Waals surface area contributed by atoms with Gasteiger partial charge in [-0.25, -0.2) is 0 Å². The van der Waals surface area contributed by atoms with E-state index in [0.29, 0.717) is 0 Å². The first kappa shape index (κ1) is 12.7. The fourth-order valence-electron chi connectivity index (χ4n) is 1.75. The second kappa shape index (κ2) is 4.84. The maximum Gasteiger partial charge on any atom is 0.268 e. The van der Waals surface area contributed by atoms with Gasteiger partial charge in [0.1, 0.15) is 11.5 Å². The first-order chi connectivity index (χ1) is 8.59. The molecule has 0 amide bonds. The van der Waals surface area contributed by atoms with Gasteiger partial charge in [-0.2, -0.15) is 0 Å². The zero-order valence-corrected chi connectivity index (χ0v) is 10.7. The smallest absolute Gasteiger partial charge is 0.268 e. The van der Waals surface area contributed by atoms with Crippen LogP contribution in [0.4, 0.5) is 0 Å². The van der Waals surface area contributed by atoms with Crippen molar-refractivity contribution in [2.75, 3.05) is 7.11 Å². The molecule has 2 aromatic rings. The average molecular weight is 264 g/mol. The van der Waals surface area contributed by atoms with Crippen LogP contribution in [0, 0.1) is 0 Å². The van der Waals surface area contributed by atoms with Gasteiger partial charge in [0.2, 0.25) is 0 Å². The fourth-order valence-corrected chi connectivity index (χ4v) is 3.72. The Hall–Kier alpha value is -1.77. The second-order valence-electron chi connectivity index (χ2n) is 3.71. The van der Waals surface area contributed by atoms with Crippen LogP contribution in [0.25, 0.3) is 0 Å². The lowest BCUT2D eigenvalue weighted by molar-refractivity contribution is 0.407. The molecule has 0 unspecified atom stereocenters. The summed E-state index contributed by atoms with van der Waals surface area (Å²) >= 11 is 0. The van der Waals surface area contributed by atoms with E-state index in [1.54, 1.807) is 24.3 Å². The molecule has 0 saturated carbocycles. The highest BCUT2D eigenvalue weighted by molar-refractivity contribution is 7.74. The van der Waals surface area contributed by atoms with Crippen LogP contribution >= 0.6 is 7.37 Å². The van der Waals surface area contributed by atoms with Crippen molar-refractivity contribution in [3.05, 3.63) is 48.5 Å².